The van der Waals surface area contributed by atoms with Gasteiger partial charge in [-0.05, 0) is 29.7 Å². The second-order valence-electron chi connectivity index (χ2n) is 7.05. The van der Waals surface area contributed by atoms with E-state index in [0.717, 1.165) is 16.9 Å². The van der Waals surface area contributed by atoms with Crippen molar-refractivity contribution in [2.45, 2.75) is 31.5 Å². The molecule has 1 aliphatic heterocycles. The van der Waals surface area contributed by atoms with E-state index in [-0.39, 0.29) is 38.4 Å². The van der Waals surface area contributed by atoms with E-state index in [1.54, 1.807) is 7.11 Å². The van der Waals surface area contributed by atoms with Gasteiger partial charge in [-0.2, -0.15) is 0 Å². The van der Waals surface area contributed by atoms with Crippen molar-refractivity contribution in [3.63, 3.8) is 0 Å². The molecule has 2 aromatic carbocycles. The zero-order valence-corrected chi connectivity index (χ0v) is 16.0. The average molecular weight is 384 g/mol. The Kier molecular flexibility index (Phi) is 6.29. The number of alkyl halides is 1. The summed E-state index contributed by atoms with van der Waals surface area (Å²) in [6.45, 7) is 0.339. The van der Waals surface area contributed by atoms with Crippen LogP contribution >= 0.6 is 0 Å². The van der Waals surface area contributed by atoms with E-state index < -0.39 is 11.6 Å². The molecule has 0 aliphatic carbocycles. The molecule has 0 aromatic heterocycles. The van der Waals surface area contributed by atoms with Gasteiger partial charge in [-0.1, -0.05) is 42.5 Å². The third kappa shape index (κ3) is 4.88. The first-order valence-corrected chi connectivity index (χ1v) is 9.42. The molecule has 0 spiro atoms. The number of ether oxygens (including phenoxy) is 1. The molecule has 0 radical (unpaired) electrons. The lowest BCUT2D eigenvalue weighted by Crippen LogP contribution is -2.45. The molecule has 1 unspecified atom stereocenters. The molecule has 1 aliphatic rings. The Balaban J connectivity index is 1.50. The van der Waals surface area contributed by atoms with Crippen LogP contribution in [0.2, 0.25) is 0 Å². The molecule has 148 valence electrons. The van der Waals surface area contributed by atoms with Gasteiger partial charge in [-0.15, -0.1) is 0 Å². The summed E-state index contributed by atoms with van der Waals surface area (Å²) in [6.07, 6.45) is 0.847. The van der Waals surface area contributed by atoms with Crippen molar-refractivity contribution < 1.29 is 18.7 Å². The van der Waals surface area contributed by atoms with Gasteiger partial charge < -0.3 is 15.0 Å². The number of carbonyl (C=O) groups is 2. The van der Waals surface area contributed by atoms with Gasteiger partial charge in [0.1, 0.15) is 5.75 Å². The minimum Gasteiger partial charge on any atom is -0.497 e. The van der Waals surface area contributed by atoms with Gasteiger partial charge in [-0.25, -0.2) is 4.39 Å². The maximum Gasteiger partial charge on any atom is 0.259 e. The highest BCUT2D eigenvalue weighted by atomic mass is 19.1. The van der Waals surface area contributed by atoms with Crippen LogP contribution in [-0.2, 0) is 22.6 Å². The van der Waals surface area contributed by atoms with E-state index in [4.69, 9.17) is 4.74 Å². The molecule has 0 bridgehead atoms. The van der Waals surface area contributed by atoms with Crippen LogP contribution in [0.25, 0.3) is 0 Å². The molecule has 1 saturated heterocycles. The lowest BCUT2D eigenvalue weighted by Gasteiger charge is -2.20. The fourth-order valence-electron chi connectivity index (χ4n) is 3.34. The largest absolute Gasteiger partial charge is 0.497 e. The van der Waals surface area contributed by atoms with Gasteiger partial charge in [0.2, 0.25) is 11.6 Å². The maximum atomic E-state index is 15.1. The summed E-state index contributed by atoms with van der Waals surface area (Å²) in [4.78, 5) is 26.2. The molecule has 2 aromatic rings. The monoisotopic (exact) mass is 384 g/mol. The van der Waals surface area contributed by atoms with Crippen molar-refractivity contribution in [3.05, 3.63) is 65.7 Å². The van der Waals surface area contributed by atoms with Crippen molar-refractivity contribution in [2.24, 2.45) is 0 Å². The summed E-state index contributed by atoms with van der Waals surface area (Å²) in [7, 11) is 1.60. The molecule has 6 heteroatoms. The number of rotatable bonds is 7. The van der Waals surface area contributed by atoms with Crippen LogP contribution in [0.4, 0.5) is 4.39 Å². The van der Waals surface area contributed by atoms with E-state index in [1.807, 2.05) is 54.6 Å². The Morgan fingerprint density at radius 3 is 2.64 bits per heavy atom. The number of aryl methyl sites for hydroxylation is 1. The van der Waals surface area contributed by atoms with Gasteiger partial charge >= 0.3 is 0 Å². The Morgan fingerprint density at radius 1 is 1.14 bits per heavy atom. The number of nitrogens with one attached hydrogen (secondary N) is 1. The highest BCUT2D eigenvalue weighted by Gasteiger charge is 2.46. The van der Waals surface area contributed by atoms with Gasteiger partial charge in [0, 0.05) is 25.9 Å². The Morgan fingerprint density at radius 2 is 1.89 bits per heavy atom. The lowest BCUT2D eigenvalue weighted by atomic mass is 10.0. The van der Waals surface area contributed by atoms with Crippen LogP contribution in [0, 0.1) is 0 Å². The Hall–Kier alpha value is -2.89. The number of benzene rings is 2. The van der Waals surface area contributed by atoms with Crippen molar-refractivity contribution >= 4 is 11.8 Å². The lowest BCUT2D eigenvalue weighted by molar-refractivity contribution is -0.134. The first-order chi connectivity index (χ1) is 13.5. The molecule has 1 heterocycles. The highest BCUT2D eigenvalue weighted by molar-refractivity contribution is 5.87. The molecule has 2 amide bonds. The first kappa shape index (κ1) is 19.9. The van der Waals surface area contributed by atoms with Crippen LogP contribution < -0.4 is 10.1 Å². The van der Waals surface area contributed by atoms with E-state index in [2.05, 4.69) is 5.32 Å². The van der Waals surface area contributed by atoms with Gasteiger partial charge in [-0.3, -0.25) is 9.59 Å². The number of amides is 2. The van der Waals surface area contributed by atoms with Crippen LogP contribution in [0.5, 0.6) is 5.75 Å². The van der Waals surface area contributed by atoms with Crippen LogP contribution in [0.15, 0.2) is 54.6 Å². The topological polar surface area (TPSA) is 58.6 Å². The van der Waals surface area contributed by atoms with Gasteiger partial charge in [0.25, 0.3) is 5.91 Å². The molecule has 1 fully saturated rings. The third-order valence-corrected chi connectivity index (χ3v) is 5.04. The summed E-state index contributed by atoms with van der Waals surface area (Å²) in [5.74, 6) is -0.0540. The van der Waals surface area contributed by atoms with Crippen molar-refractivity contribution in [2.75, 3.05) is 20.2 Å². The molecule has 3 rings (SSSR count). The van der Waals surface area contributed by atoms with E-state index >= 15 is 4.39 Å². The minimum absolute atomic E-state index is 0.0263. The minimum atomic E-state index is -2.03. The van der Waals surface area contributed by atoms with E-state index in [9.17, 15) is 9.59 Å². The molecule has 1 atom stereocenters. The fourth-order valence-corrected chi connectivity index (χ4v) is 3.34. The number of nitrogens with zero attached hydrogens (tertiary/aromatic N) is 1. The number of hydrogen-bond acceptors (Lipinski definition) is 3. The third-order valence-electron chi connectivity index (χ3n) is 5.04. The maximum absolute atomic E-state index is 15.1. The second kappa shape index (κ2) is 8.87. The van der Waals surface area contributed by atoms with Crippen molar-refractivity contribution in [1.29, 1.82) is 0 Å². The molecular formula is C22H25FN2O3. The smallest absolute Gasteiger partial charge is 0.259 e. The van der Waals surface area contributed by atoms with Gasteiger partial charge in [0.15, 0.2) is 0 Å². The molecule has 28 heavy (non-hydrogen) atoms. The fraction of sp³-hybridized carbons (Fsp3) is 0.364. The molecule has 0 saturated carbocycles. The van der Waals surface area contributed by atoms with E-state index in [1.165, 1.54) is 4.90 Å². The van der Waals surface area contributed by atoms with Crippen LogP contribution in [-0.4, -0.2) is 42.6 Å². The highest BCUT2D eigenvalue weighted by Crippen LogP contribution is 2.27. The summed E-state index contributed by atoms with van der Waals surface area (Å²) in [5, 5.41) is 2.65. The Bertz CT molecular complexity index is 828. The molecular weight excluding hydrogens is 359 g/mol. The first-order valence-electron chi connectivity index (χ1n) is 9.42. The summed E-state index contributed by atoms with van der Waals surface area (Å²) in [5.41, 5.74) is -0.136. The summed E-state index contributed by atoms with van der Waals surface area (Å²) >= 11 is 0. The molecule has 1 N–H and O–H groups in total. The number of carbonyl (C=O) groups excluding carboxylic acids is 2. The summed E-state index contributed by atoms with van der Waals surface area (Å²) in [6, 6.07) is 16.9. The zero-order valence-electron chi connectivity index (χ0n) is 16.0. The van der Waals surface area contributed by atoms with Crippen molar-refractivity contribution in [3.8, 4) is 5.75 Å². The van der Waals surface area contributed by atoms with Gasteiger partial charge in [0.05, 0.1) is 13.7 Å². The van der Waals surface area contributed by atoms with E-state index in [0.29, 0.717) is 6.42 Å². The normalized spacial score (nSPS) is 18.7. The zero-order chi connectivity index (χ0) is 20.0. The number of halogens is 1. The summed E-state index contributed by atoms with van der Waals surface area (Å²) < 4.78 is 20.2. The standard InChI is InChI=1S/C22H25FN2O3/c1-28-19-9-5-8-17(14-19)10-11-20(26)25-13-12-22(23,16-25)21(27)24-15-18-6-3-2-4-7-18/h2-9,14H,10-13,15-16H2,1H3,(H,24,27). The predicted molar refractivity (Wildman–Crippen MR) is 105 cm³/mol. The predicted octanol–water partition coefficient (Wildman–Crippen LogP) is 2.88. The quantitative estimate of drug-likeness (QED) is 0.799. The second-order valence-corrected chi connectivity index (χ2v) is 7.05. The molecule has 5 nitrogen and oxygen atoms in total. The number of methoxy groups -OCH3 is 1. The van der Waals surface area contributed by atoms with Crippen LogP contribution in [0.1, 0.15) is 24.0 Å². The number of likely N-dealkylation sites (tertiary alicyclic amines) is 1. The SMILES string of the molecule is COc1cccc(CCC(=O)N2CCC(F)(C(=O)NCc3ccccc3)C2)c1. The average Bonchev–Trinajstić information content (AvgIpc) is 3.14. The number of hydrogen-bond donors (Lipinski definition) is 1. The van der Waals surface area contributed by atoms with Crippen molar-refractivity contribution in [1.82, 2.24) is 10.2 Å². The van der Waals surface area contributed by atoms with Crippen LogP contribution in [0.3, 0.4) is 0 Å². The Labute approximate surface area is 164 Å².